The zero-order chi connectivity index (χ0) is 40.7. The Kier molecular flexibility index (Phi) is 11.9. The molecule has 4 aliphatic carbocycles. The summed E-state index contributed by atoms with van der Waals surface area (Å²) < 4.78 is 35.6. The van der Waals surface area contributed by atoms with Gasteiger partial charge in [-0.1, -0.05) is 19.9 Å². The van der Waals surface area contributed by atoms with Gasteiger partial charge in [-0.3, -0.25) is 4.79 Å². The number of fused-ring (bicyclic) bond motifs is 3. The van der Waals surface area contributed by atoms with Crippen LogP contribution in [0.4, 0.5) is 0 Å². The Morgan fingerprint density at radius 2 is 1.21 bits per heavy atom. The number of carbonyl (C=O) groups is 1. The van der Waals surface area contributed by atoms with Crippen LogP contribution < -0.4 is 0 Å². The molecule has 3 saturated heterocycles. The summed E-state index contributed by atoms with van der Waals surface area (Å²) in [5.41, 5.74) is -1.80. The monoisotopic (exact) mass is 804 g/mol. The molecule has 7 rings (SSSR count). The predicted molar refractivity (Wildman–Crippen MR) is 186 cm³/mol. The standard InChI is InChI=1S/C38H60O18/c1-16-11-37-9-5-20-35(2,7-4-8-36(20,3)34(50)55-32-29(49)26(46)23(43)18(13-40)52-32)21(37)6-10-38(16,15-37)56-33-30(27(47)24(44)19(14-41)53-33)54-31-28(48)25(45)22(42)17(12-39)51-31/h17-33,39-49H,1,4-15H2,2-3H3/t17?,18?,19-,20+,21+,22-,23-,24?,25?,26?,27?,28?,29?,30-,31+,32+,33?,35-,36-,37-,38+/m1/s1. The highest BCUT2D eigenvalue weighted by Crippen LogP contribution is 2.73. The Balaban J connectivity index is 1.10. The third-order valence-electron chi connectivity index (χ3n) is 15.0. The van der Waals surface area contributed by atoms with Gasteiger partial charge in [-0.05, 0) is 86.5 Å². The summed E-state index contributed by atoms with van der Waals surface area (Å²) in [5.74, 6) is -0.591. The van der Waals surface area contributed by atoms with E-state index in [-0.39, 0.29) is 22.7 Å². The summed E-state index contributed by atoms with van der Waals surface area (Å²) in [5, 5.41) is 114. The minimum Gasteiger partial charge on any atom is -0.432 e. The van der Waals surface area contributed by atoms with Crippen molar-refractivity contribution >= 4 is 5.97 Å². The second-order valence-corrected chi connectivity index (χ2v) is 18.0. The summed E-state index contributed by atoms with van der Waals surface area (Å²) in [7, 11) is 0. The van der Waals surface area contributed by atoms with Crippen LogP contribution in [0.15, 0.2) is 12.2 Å². The summed E-state index contributed by atoms with van der Waals surface area (Å²) in [6, 6.07) is 0. The average Bonchev–Trinajstić information content (AvgIpc) is 3.37. The quantitative estimate of drug-likeness (QED) is 0.0631. The molecule has 320 valence electrons. The molecule has 11 N–H and O–H groups in total. The van der Waals surface area contributed by atoms with Crippen LogP contribution in [0.5, 0.6) is 0 Å². The van der Waals surface area contributed by atoms with Gasteiger partial charge in [0.15, 0.2) is 12.6 Å². The van der Waals surface area contributed by atoms with Crippen molar-refractivity contribution < 1.29 is 89.4 Å². The fourth-order valence-electron chi connectivity index (χ4n) is 12.0. The molecule has 1 spiro atoms. The normalized spacial score (nSPS) is 54.6. The van der Waals surface area contributed by atoms with Crippen molar-refractivity contribution in [2.45, 2.75) is 169 Å². The van der Waals surface area contributed by atoms with Crippen molar-refractivity contribution in [3.63, 3.8) is 0 Å². The molecule has 7 aliphatic rings. The fraction of sp³-hybridized carbons (Fsp3) is 0.921. The van der Waals surface area contributed by atoms with Crippen molar-refractivity contribution in [1.29, 1.82) is 0 Å². The third kappa shape index (κ3) is 6.69. The summed E-state index contributed by atoms with van der Waals surface area (Å²) in [6.07, 6.45) is -17.8. The van der Waals surface area contributed by atoms with Crippen LogP contribution in [0, 0.1) is 28.1 Å². The molecular weight excluding hydrogens is 744 g/mol. The van der Waals surface area contributed by atoms with Crippen LogP contribution >= 0.6 is 0 Å². The molecule has 9 unspecified atom stereocenters. The highest BCUT2D eigenvalue weighted by molar-refractivity contribution is 5.77. The maximum absolute atomic E-state index is 14.1. The van der Waals surface area contributed by atoms with Crippen molar-refractivity contribution in [2.75, 3.05) is 19.8 Å². The molecule has 0 amide bonds. The molecule has 0 aromatic heterocycles. The number of rotatable bonds is 9. The summed E-state index contributed by atoms with van der Waals surface area (Å²) in [4.78, 5) is 14.1. The molecule has 56 heavy (non-hydrogen) atoms. The highest BCUT2D eigenvalue weighted by atomic mass is 16.8. The lowest BCUT2D eigenvalue weighted by Gasteiger charge is -2.64. The van der Waals surface area contributed by atoms with Gasteiger partial charge in [0.05, 0.1) is 30.8 Å². The van der Waals surface area contributed by atoms with Gasteiger partial charge in [-0.25, -0.2) is 0 Å². The number of esters is 1. The van der Waals surface area contributed by atoms with Gasteiger partial charge in [0.1, 0.15) is 73.2 Å². The maximum atomic E-state index is 14.1. The maximum Gasteiger partial charge on any atom is 0.314 e. The number of hydrogen-bond acceptors (Lipinski definition) is 18. The van der Waals surface area contributed by atoms with Crippen molar-refractivity contribution in [3.05, 3.63) is 12.2 Å². The topological polar surface area (TPSA) is 295 Å². The molecule has 0 aromatic carbocycles. The lowest BCUT2D eigenvalue weighted by atomic mass is 9.41. The average molecular weight is 805 g/mol. The van der Waals surface area contributed by atoms with E-state index in [1.165, 1.54) is 0 Å². The van der Waals surface area contributed by atoms with E-state index in [1.807, 2.05) is 6.92 Å². The molecule has 18 nitrogen and oxygen atoms in total. The van der Waals surface area contributed by atoms with Crippen molar-refractivity contribution in [2.24, 2.45) is 28.1 Å². The van der Waals surface area contributed by atoms with Crippen LogP contribution in [-0.2, 0) is 33.2 Å². The third-order valence-corrected chi connectivity index (χ3v) is 15.0. The minimum atomic E-state index is -1.81. The Labute approximate surface area is 324 Å². The van der Waals surface area contributed by atoms with Gasteiger partial charge >= 0.3 is 5.97 Å². The molecule has 18 heteroatoms. The van der Waals surface area contributed by atoms with Crippen LogP contribution in [-0.4, -0.2) is 180 Å². The largest absolute Gasteiger partial charge is 0.432 e. The fourth-order valence-corrected chi connectivity index (χ4v) is 12.0. The van der Waals surface area contributed by atoms with Crippen molar-refractivity contribution in [1.82, 2.24) is 0 Å². The van der Waals surface area contributed by atoms with Gasteiger partial charge in [0.25, 0.3) is 0 Å². The van der Waals surface area contributed by atoms with Gasteiger partial charge in [-0.2, -0.15) is 0 Å². The smallest absolute Gasteiger partial charge is 0.314 e. The van der Waals surface area contributed by atoms with Crippen LogP contribution in [0.1, 0.15) is 71.6 Å². The number of hydrogen-bond donors (Lipinski definition) is 11. The molecule has 3 aliphatic heterocycles. The number of ether oxygens (including phenoxy) is 6. The van der Waals surface area contributed by atoms with Gasteiger partial charge in [0, 0.05) is 0 Å². The number of carbonyl (C=O) groups excluding carboxylic acids is 1. The van der Waals surface area contributed by atoms with E-state index in [9.17, 15) is 61.0 Å². The van der Waals surface area contributed by atoms with Crippen LogP contribution in [0.25, 0.3) is 0 Å². The first-order valence-electron chi connectivity index (χ1n) is 19.9. The van der Waals surface area contributed by atoms with Crippen molar-refractivity contribution in [3.8, 4) is 0 Å². The van der Waals surface area contributed by atoms with E-state index in [0.717, 1.165) is 18.4 Å². The first kappa shape index (κ1) is 42.7. The Bertz CT molecular complexity index is 1450. The van der Waals surface area contributed by atoms with Gasteiger partial charge < -0.3 is 84.6 Å². The Morgan fingerprint density at radius 1 is 0.679 bits per heavy atom. The summed E-state index contributed by atoms with van der Waals surface area (Å²) >= 11 is 0. The van der Waals surface area contributed by atoms with Crippen LogP contribution in [0.2, 0.25) is 0 Å². The molecule has 0 radical (unpaired) electrons. The van der Waals surface area contributed by atoms with E-state index in [2.05, 4.69) is 13.5 Å². The van der Waals surface area contributed by atoms with E-state index in [0.29, 0.717) is 44.9 Å². The molecular formula is C38H60O18. The Hall–Kier alpha value is -1.43. The molecule has 21 atom stereocenters. The number of aliphatic hydroxyl groups is 11. The van der Waals surface area contributed by atoms with Gasteiger partial charge in [0.2, 0.25) is 6.29 Å². The second-order valence-electron chi connectivity index (χ2n) is 18.0. The van der Waals surface area contributed by atoms with Gasteiger partial charge in [-0.15, -0.1) is 0 Å². The second kappa shape index (κ2) is 15.6. The minimum absolute atomic E-state index is 0.121. The zero-order valence-electron chi connectivity index (χ0n) is 31.8. The number of aliphatic hydroxyl groups excluding tert-OH is 11. The zero-order valence-corrected chi connectivity index (χ0v) is 31.8. The Morgan fingerprint density at radius 3 is 1.82 bits per heavy atom. The molecule has 2 bridgehead atoms. The SMILES string of the molecule is C=C1C[C@@]23CC[C@H]4[C@@](C)(CCC[C@@]4(C)C(=O)O[C@@H]4OC(CO)[C@@H](O)C(O)C4O)[C@@H]2CC[C@]1(OC1O[C@H](CO)C(O)C(O)[C@H]1O[C@@H]1OC(CO)[C@@H](O)C(O)C1O)C3. The lowest BCUT2D eigenvalue weighted by molar-refractivity contribution is -0.378. The lowest BCUT2D eigenvalue weighted by Crippen LogP contribution is -2.65. The van der Waals surface area contributed by atoms with E-state index in [4.69, 9.17) is 28.4 Å². The molecule has 4 saturated carbocycles. The molecule has 0 aromatic rings. The van der Waals surface area contributed by atoms with E-state index >= 15 is 0 Å². The first-order chi connectivity index (χ1) is 26.4. The van der Waals surface area contributed by atoms with Crippen LogP contribution in [0.3, 0.4) is 0 Å². The van der Waals surface area contributed by atoms with E-state index in [1.54, 1.807) is 0 Å². The predicted octanol–water partition coefficient (Wildman–Crippen LogP) is -2.94. The highest BCUT2D eigenvalue weighted by Gasteiger charge is 2.69. The van der Waals surface area contributed by atoms with E-state index < -0.39 is 129 Å². The molecule has 7 fully saturated rings. The summed E-state index contributed by atoms with van der Waals surface area (Å²) in [6.45, 7) is 6.52. The first-order valence-corrected chi connectivity index (χ1v) is 19.9. The molecule has 3 heterocycles.